The number of hydrogen-bond acceptors (Lipinski definition) is 3. The van der Waals surface area contributed by atoms with Crippen LogP contribution in [0.4, 0.5) is 0 Å². The summed E-state index contributed by atoms with van der Waals surface area (Å²) in [5.41, 5.74) is 0.431. The Kier molecular flexibility index (Phi) is 3.06. The van der Waals surface area contributed by atoms with Gasteiger partial charge in [-0.2, -0.15) is 0 Å². The molecule has 0 fully saturated rings. The van der Waals surface area contributed by atoms with E-state index in [2.05, 4.69) is 0 Å². The van der Waals surface area contributed by atoms with Crippen molar-refractivity contribution in [2.24, 2.45) is 0 Å². The Hall–Kier alpha value is -1.58. The van der Waals surface area contributed by atoms with Gasteiger partial charge in [-0.15, -0.1) is 0 Å². The summed E-state index contributed by atoms with van der Waals surface area (Å²) in [6.45, 7) is 3.94. The van der Waals surface area contributed by atoms with Crippen molar-refractivity contribution in [2.75, 3.05) is 0 Å². The lowest BCUT2D eigenvalue weighted by molar-refractivity contribution is 0.111. The zero-order valence-corrected chi connectivity index (χ0v) is 8.28. The Balaban J connectivity index is 3.43. The Labute approximate surface area is 81.8 Å². The van der Waals surface area contributed by atoms with E-state index in [9.17, 15) is 14.7 Å². The fourth-order valence-electron chi connectivity index (χ4n) is 1.35. The molecule has 76 valence electrons. The van der Waals surface area contributed by atoms with E-state index < -0.39 is 0 Å². The maximum atomic E-state index is 11.4. The van der Waals surface area contributed by atoms with Crippen molar-refractivity contribution in [3.8, 4) is 5.88 Å². The van der Waals surface area contributed by atoms with Gasteiger partial charge in [-0.05, 0) is 18.9 Å². The van der Waals surface area contributed by atoms with Crippen LogP contribution < -0.4 is 5.56 Å². The molecule has 0 aliphatic heterocycles. The minimum absolute atomic E-state index is 0.193. The van der Waals surface area contributed by atoms with Crippen molar-refractivity contribution in [1.82, 2.24) is 4.57 Å². The van der Waals surface area contributed by atoms with E-state index in [1.807, 2.05) is 6.92 Å². The summed E-state index contributed by atoms with van der Waals surface area (Å²) < 4.78 is 1.21. The number of aldehydes is 1. The van der Waals surface area contributed by atoms with Crippen molar-refractivity contribution < 1.29 is 9.90 Å². The third-order valence-electron chi connectivity index (χ3n) is 2.09. The van der Waals surface area contributed by atoms with Gasteiger partial charge in [0.1, 0.15) is 0 Å². The van der Waals surface area contributed by atoms with Gasteiger partial charge in [-0.3, -0.25) is 14.2 Å². The molecule has 1 aromatic rings. The Morgan fingerprint density at radius 3 is 2.71 bits per heavy atom. The second-order valence-electron chi connectivity index (χ2n) is 3.17. The summed E-state index contributed by atoms with van der Waals surface area (Å²) in [5.74, 6) is -0.230. The molecule has 0 saturated carbocycles. The van der Waals surface area contributed by atoms with E-state index in [0.717, 1.165) is 6.42 Å². The zero-order chi connectivity index (χ0) is 10.7. The Morgan fingerprint density at radius 1 is 1.57 bits per heavy atom. The first-order valence-corrected chi connectivity index (χ1v) is 4.50. The van der Waals surface area contributed by atoms with Gasteiger partial charge in [0.15, 0.2) is 6.29 Å². The average Bonchev–Trinajstić information content (AvgIpc) is 2.12. The maximum absolute atomic E-state index is 11.4. The van der Waals surface area contributed by atoms with Crippen LogP contribution in [0.15, 0.2) is 10.9 Å². The predicted octanol–water partition coefficient (Wildman–Crippen LogP) is 1.08. The van der Waals surface area contributed by atoms with Crippen LogP contribution in [-0.2, 0) is 6.54 Å². The predicted molar refractivity (Wildman–Crippen MR) is 52.8 cm³/mol. The summed E-state index contributed by atoms with van der Waals surface area (Å²) >= 11 is 0. The molecule has 0 saturated heterocycles. The van der Waals surface area contributed by atoms with Crippen molar-refractivity contribution >= 4 is 6.29 Å². The SMILES string of the molecule is CCCn1c(O)c(C=O)c(C)cc1=O. The highest BCUT2D eigenvalue weighted by molar-refractivity contribution is 5.80. The van der Waals surface area contributed by atoms with E-state index in [0.29, 0.717) is 18.4 Å². The van der Waals surface area contributed by atoms with Gasteiger partial charge in [0.25, 0.3) is 5.56 Å². The molecule has 0 atom stereocenters. The molecule has 4 heteroatoms. The van der Waals surface area contributed by atoms with Crippen molar-refractivity contribution in [2.45, 2.75) is 26.8 Å². The second kappa shape index (κ2) is 4.09. The lowest BCUT2D eigenvalue weighted by Crippen LogP contribution is -2.21. The molecule has 0 bridgehead atoms. The van der Waals surface area contributed by atoms with Gasteiger partial charge >= 0.3 is 0 Å². The molecule has 14 heavy (non-hydrogen) atoms. The molecule has 1 N–H and O–H groups in total. The number of hydrogen-bond donors (Lipinski definition) is 1. The number of aryl methyl sites for hydroxylation is 1. The molecule has 1 aromatic heterocycles. The van der Waals surface area contributed by atoms with Crippen molar-refractivity contribution in [3.05, 3.63) is 27.5 Å². The molecule has 1 heterocycles. The van der Waals surface area contributed by atoms with Gasteiger partial charge < -0.3 is 5.11 Å². The topological polar surface area (TPSA) is 59.3 Å². The lowest BCUT2D eigenvalue weighted by atomic mass is 10.1. The van der Waals surface area contributed by atoms with Crippen molar-refractivity contribution in [3.63, 3.8) is 0 Å². The molecule has 0 unspecified atom stereocenters. The average molecular weight is 195 g/mol. The molecular formula is C10H13NO3. The molecule has 0 radical (unpaired) electrons. The monoisotopic (exact) mass is 195 g/mol. The third kappa shape index (κ3) is 1.69. The van der Waals surface area contributed by atoms with Crippen LogP contribution in [0.25, 0.3) is 0 Å². The molecular weight excluding hydrogens is 182 g/mol. The van der Waals surface area contributed by atoms with Crippen LogP contribution >= 0.6 is 0 Å². The van der Waals surface area contributed by atoms with E-state index in [1.54, 1.807) is 6.92 Å². The van der Waals surface area contributed by atoms with E-state index in [1.165, 1.54) is 10.6 Å². The minimum Gasteiger partial charge on any atom is -0.494 e. The summed E-state index contributed by atoms with van der Waals surface area (Å²) in [4.78, 5) is 22.0. The number of aromatic hydroxyl groups is 1. The van der Waals surface area contributed by atoms with Gasteiger partial charge in [-0.1, -0.05) is 6.92 Å². The number of carbonyl (C=O) groups excluding carboxylic acids is 1. The smallest absolute Gasteiger partial charge is 0.253 e. The minimum atomic E-state index is -0.271. The van der Waals surface area contributed by atoms with Crippen LogP contribution in [0.5, 0.6) is 5.88 Å². The molecule has 0 aromatic carbocycles. The van der Waals surface area contributed by atoms with E-state index in [-0.39, 0.29) is 17.0 Å². The molecule has 0 amide bonds. The molecule has 4 nitrogen and oxygen atoms in total. The lowest BCUT2D eigenvalue weighted by Gasteiger charge is -2.09. The van der Waals surface area contributed by atoms with Gasteiger partial charge in [-0.25, -0.2) is 0 Å². The van der Waals surface area contributed by atoms with Crippen molar-refractivity contribution in [1.29, 1.82) is 0 Å². The highest BCUT2D eigenvalue weighted by atomic mass is 16.3. The first-order valence-electron chi connectivity index (χ1n) is 4.50. The fourth-order valence-corrected chi connectivity index (χ4v) is 1.35. The third-order valence-corrected chi connectivity index (χ3v) is 2.09. The summed E-state index contributed by atoms with van der Waals surface area (Å²) in [6.07, 6.45) is 1.30. The number of aromatic nitrogens is 1. The first-order chi connectivity index (χ1) is 6.61. The maximum Gasteiger partial charge on any atom is 0.253 e. The van der Waals surface area contributed by atoms with Gasteiger partial charge in [0, 0.05) is 12.6 Å². The number of pyridine rings is 1. The normalized spacial score (nSPS) is 10.1. The quantitative estimate of drug-likeness (QED) is 0.734. The van der Waals surface area contributed by atoms with Crippen LogP contribution in [0.3, 0.4) is 0 Å². The summed E-state index contributed by atoms with van der Waals surface area (Å²) in [5, 5.41) is 9.61. The second-order valence-corrected chi connectivity index (χ2v) is 3.17. The fraction of sp³-hybridized carbons (Fsp3) is 0.400. The number of rotatable bonds is 3. The largest absolute Gasteiger partial charge is 0.494 e. The van der Waals surface area contributed by atoms with Crippen LogP contribution in [0, 0.1) is 6.92 Å². The van der Waals surface area contributed by atoms with Gasteiger partial charge in [0.05, 0.1) is 5.56 Å². The summed E-state index contributed by atoms with van der Waals surface area (Å²) in [7, 11) is 0. The summed E-state index contributed by atoms with van der Waals surface area (Å²) in [6, 6.07) is 1.36. The highest BCUT2D eigenvalue weighted by Crippen LogP contribution is 2.16. The first kappa shape index (κ1) is 10.5. The Morgan fingerprint density at radius 2 is 2.21 bits per heavy atom. The molecule has 0 aliphatic carbocycles. The zero-order valence-electron chi connectivity index (χ0n) is 8.28. The number of carbonyl (C=O) groups is 1. The van der Waals surface area contributed by atoms with Crippen LogP contribution in [0.2, 0.25) is 0 Å². The van der Waals surface area contributed by atoms with E-state index >= 15 is 0 Å². The number of nitrogens with zero attached hydrogens (tertiary/aromatic N) is 1. The highest BCUT2D eigenvalue weighted by Gasteiger charge is 2.10. The van der Waals surface area contributed by atoms with Crippen LogP contribution in [0.1, 0.15) is 29.3 Å². The van der Waals surface area contributed by atoms with Gasteiger partial charge in [0.2, 0.25) is 5.88 Å². The molecule has 0 spiro atoms. The standard InChI is InChI=1S/C10H13NO3/c1-3-4-11-9(13)5-7(2)8(6-12)10(11)14/h5-6,14H,3-4H2,1-2H3. The van der Waals surface area contributed by atoms with E-state index in [4.69, 9.17) is 0 Å². The Bertz CT molecular complexity index is 407. The van der Waals surface area contributed by atoms with Crippen LogP contribution in [-0.4, -0.2) is 16.0 Å². The molecule has 1 rings (SSSR count). The molecule has 0 aliphatic rings.